The maximum absolute atomic E-state index is 11.6. The van der Waals surface area contributed by atoms with Crippen molar-refractivity contribution in [1.29, 1.82) is 0 Å². The lowest BCUT2D eigenvalue weighted by molar-refractivity contribution is -0.206. The monoisotopic (exact) mass is 492 g/mol. The SMILES string of the molecule is [2H]C1([2H])C[C@]2(C)C3C[C@H](O)[C@@]4(C)C(CC[C@@H]4[C@H](C)CCC(=O)O)C3C(O)C[C@@H]2C([2H])([2H])[C@@H]1OS(=O)(=O)O. The number of carbonyl (C=O) groups is 1. The van der Waals surface area contributed by atoms with E-state index in [1.54, 1.807) is 6.92 Å². The molecule has 4 rings (SSSR count). The first kappa shape index (κ1) is 20.5. The van der Waals surface area contributed by atoms with E-state index in [1.807, 2.05) is 13.8 Å². The van der Waals surface area contributed by atoms with Crippen LogP contribution >= 0.6 is 0 Å². The molecular weight excluding hydrogens is 448 g/mol. The Morgan fingerprint density at radius 1 is 1.21 bits per heavy atom. The van der Waals surface area contributed by atoms with Crippen molar-refractivity contribution in [3.63, 3.8) is 0 Å². The smallest absolute Gasteiger partial charge is 0.397 e. The van der Waals surface area contributed by atoms with Gasteiger partial charge in [-0.25, -0.2) is 4.18 Å². The minimum Gasteiger partial charge on any atom is -0.481 e. The minimum atomic E-state index is -5.13. The van der Waals surface area contributed by atoms with Gasteiger partial charge in [0.15, 0.2) is 0 Å². The predicted molar refractivity (Wildman–Crippen MR) is 120 cm³/mol. The minimum absolute atomic E-state index is 0.0198. The van der Waals surface area contributed by atoms with Gasteiger partial charge in [0.25, 0.3) is 0 Å². The first-order valence-electron chi connectivity index (χ1n) is 14.0. The van der Waals surface area contributed by atoms with Gasteiger partial charge >= 0.3 is 16.4 Å². The lowest BCUT2D eigenvalue weighted by Gasteiger charge is -2.63. The van der Waals surface area contributed by atoms with E-state index in [0.29, 0.717) is 6.42 Å². The van der Waals surface area contributed by atoms with Gasteiger partial charge in [0.05, 0.1) is 18.3 Å². The summed E-state index contributed by atoms with van der Waals surface area (Å²) < 4.78 is 71.4. The highest BCUT2D eigenvalue weighted by molar-refractivity contribution is 7.80. The molecule has 0 heterocycles. The molecule has 4 N–H and O–H groups in total. The quantitative estimate of drug-likeness (QED) is 0.414. The maximum Gasteiger partial charge on any atom is 0.397 e. The van der Waals surface area contributed by atoms with Gasteiger partial charge in [-0.15, -0.1) is 0 Å². The van der Waals surface area contributed by atoms with Crippen LogP contribution < -0.4 is 0 Å². The summed E-state index contributed by atoms with van der Waals surface area (Å²) in [5.74, 6) is -2.55. The largest absolute Gasteiger partial charge is 0.481 e. The molecule has 33 heavy (non-hydrogen) atoms. The maximum atomic E-state index is 11.6. The zero-order valence-corrected chi connectivity index (χ0v) is 20.3. The zero-order valence-electron chi connectivity index (χ0n) is 23.5. The van der Waals surface area contributed by atoms with E-state index in [9.17, 15) is 28.0 Å². The Hall–Kier alpha value is -0.740. The van der Waals surface area contributed by atoms with E-state index in [4.69, 9.17) is 10.6 Å². The summed E-state index contributed by atoms with van der Waals surface area (Å²) in [5, 5.41) is 32.2. The number of carboxylic acid groups (broad SMARTS) is 1. The molecule has 0 saturated heterocycles. The number of hydrogen-bond donors (Lipinski definition) is 4. The summed E-state index contributed by atoms with van der Waals surface area (Å²) in [6.07, 6.45) is -6.78. The molecule has 4 saturated carbocycles. The highest BCUT2D eigenvalue weighted by Crippen LogP contribution is 2.68. The molecule has 4 aliphatic carbocycles. The molecule has 0 spiro atoms. The molecule has 0 bridgehead atoms. The molecule has 9 heteroatoms. The summed E-state index contributed by atoms with van der Waals surface area (Å²) in [7, 11) is -5.13. The van der Waals surface area contributed by atoms with E-state index in [2.05, 4.69) is 4.18 Å². The van der Waals surface area contributed by atoms with Crippen molar-refractivity contribution in [2.24, 2.45) is 46.3 Å². The van der Waals surface area contributed by atoms with Crippen LogP contribution in [0.15, 0.2) is 0 Å². The second kappa shape index (κ2) is 8.73. The van der Waals surface area contributed by atoms with E-state index in [1.165, 1.54) is 0 Å². The van der Waals surface area contributed by atoms with E-state index >= 15 is 0 Å². The number of hydrogen-bond acceptors (Lipinski definition) is 6. The standard InChI is InChI=1S/C24H40O8S/c1-13(4-7-21(27)28)16-5-6-17-22-18(12-20(26)24(16,17)3)23(2)9-8-15(32-33(29,30)31)10-14(23)11-19(22)25/h13-20,22,25-26H,4-12H2,1-3H3,(H,27,28)(H,29,30,31)/t13-,14+,15-,16-,17?,18?,19?,20+,22?,23+,24-/m1/s1/i8D2,10D2. The molecule has 4 fully saturated rings. The molecule has 0 aromatic carbocycles. The molecule has 190 valence electrons. The van der Waals surface area contributed by atoms with Crippen LogP contribution in [-0.4, -0.2) is 52.6 Å². The number of aliphatic hydroxyl groups is 2. The van der Waals surface area contributed by atoms with Crippen molar-refractivity contribution in [2.45, 2.75) is 96.8 Å². The number of rotatable bonds is 6. The van der Waals surface area contributed by atoms with Crippen LogP contribution in [-0.2, 0) is 19.4 Å². The van der Waals surface area contributed by atoms with E-state index in [0.717, 1.165) is 12.8 Å². The first-order chi connectivity index (χ1) is 16.8. The number of carboxylic acids is 1. The van der Waals surface area contributed by atoms with Gasteiger partial charge in [0.2, 0.25) is 0 Å². The Kier molecular flexibility index (Phi) is 5.41. The fourth-order valence-corrected chi connectivity index (χ4v) is 8.53. The van der Waals surface area contributed by atoms with Crippen LogP contribution in [0.4, 0.5) is 0 Å². The molecular formula is C24H40O8S. The Labute approximate surface area is 202 Å². The fourth-order valence-electron chi connectivity index (χ4n) is 8.16. The Bertz CT molecular complexity index is 1020. The average molecular weight is 493 g/mol. The van der Waals surface area contributed by atoms with Crippen molar-refractivity contribution < 1.29 is 42.8 Å². The molecule has 0 aromatic rings. The lowest BCUT2D eigenvalue weighted by Crippen LogP contribution is -2.62. The highest BCUT2D eigenvalue weighted by Gasteiger charge is 2.65. The molecule has 4 aliphatic rings. The first-order valence-corrected chi connectivity index (χ1v) is 13.4. The van der Waals surface area contributed by atoms with Crippen LogP contribution in [0.25, 0.3) is 0 Å². The van der Waals surface area contributed by atoms with Crippen molar-refractivity contribution in [3.8, 4) is 0 Å². The fraction of sp³-hybridized carbons (Fsp3) is 0.958. The number of aliphatic carboxylic acids is 1. The molecule has 11 atom stereocenters. The molecule has 0 aliphatic heterocycles. The van der Waals surface area contributed by atoms with Gasteiger partial charge in [-0.2, -0.15) is 8.42 Å². The number of fused-ring (bicyclic) bond motifs is 5. The van der Waals surface area contributed by atoms with Crippen LogP contribution in [0, 0.1) is 46.3 Å². The second-order valence-electron chi connectivity index (χ2n) is 11.3. The predicted octanol–water partition coefficient (Wildman–Crippen LogP) is 3.28. The van der Waals surface area contributed by atoms with Gasteiger partial charge in [-0.05, 0) is 97.6 Å². The molecule has 0 aromatic heterocycles. The van der Waals surface area contributed by atoms with Gasteiger partial charge < -0.3 is 15.3 Å². The molecule has 8 nitrogen and oxygen atoms in total. The van der Waals surface area contributed by atoms with Crippen LogP contribution in [0.5, 0.6) is 0 Å². The van der Waals surface area contributed by atoms with Gasteiger partial charge in [0.1, 0.15) is 0 Å². The van der Waals surface area contributed by atoms with E-state index in [-0.39, 0.29) is 49.4 Å². The summed E-state index contributed by atoms with van der Waals surface area (Å²) in [4.78, 5) is 11.2. The van der Waals surface area contributed by atoms with Crippen LogP contribution in [0.2, 0.25) is 0 Å². The van der Waals surface area contributed by atoms with Crippen LogP contribution in [0.1, 0.15) is 83.9 Å². The Morgan fingerprint density at radius 2 is 1.91 bits per heavy atom. The van der Waals surface area contributed by atoms with Crippen molar-refractivity contribution >= 4 is 16.4 Å². The topological polar surface area (TPSA) is 141 Å². The van der Waals surface area contributed by atoms with Crippen molar-refractivity contribution in [3.05, 3.63) is 0 Å². The van der Waals surface area contributed by atoms with Crippen LogP contribution in [0.3, 0.4) is 0 Å². The highest BCUT2D eigenvalue weighted by atomic mass is 32.3. The second-order valence-corrected chi connectivity index (χ2v) is 12.4. The van der Waals surface area contributed by atoms with Gasteiger partial charge in [-0.1, -0.05) is 20.8 Å². The molecule has 0 amide bonds. The van der Waals surface area contributed by atoms with E-state index < -0.39 is 70.1 Å². The van der Waals surface area contributed by atoms with Gasteiger partial charge in [-0.3, -0.25) is 9.35 Å². The van der Waals surface area contributed by atoms with Gasteiger partial charge in [0, 0.05) is 11.9 Å². The number of aliphatic hydroxyl groups excluding tert-OH is 2. The average Bonchev–Trinajstić information content (AvgIpc) is 3.10. The normalized spacial score (nSPS) is 53.3. The van der Waals surface area contributed by atoms with Crippen molar-refractivity contribution in [2.75, 3.05) is 0 Å². The lowest BCUT2D eigenvalue weighted by atomic mass is 9.43. The summed E-state index contributed by atoms with van der Waals surface area (Å²) in [6, 6.07) is 0. The Balaban J connectivity index is 1.69. The third-order valence-electron chi connectivity index (χ3n) is 9.81. The summed E-state index contributed by atoms with van der Waals surface area (Å²) >= 11 is 0. The van der Waals surface area contributed by atoms with Crippen molar-refractivity contribution in [1.82, 2.24) is 0 Å². The summed E-state index contributed by atoms with van der Waals surface area (Å²) in [6.45, 7) is 5.80. The third-order valence-corrected chi connectivity index (χ3v) is 10.3. The third kappa shape index (κ3) is 4.37. The molecule has 0 radical (unpaired) electrons. The summed E-state index contributed by atoms with van der Waals surface area (Å²) in [5.41, 5.74) is -1.57. The molecule has 4 unspecified atom stereocenters. The zero-order chi connectivity index (χ0) is 27.9. The Morgan fingerprint density at radius 3 is 2.55 bits per heavy atom.